The van der Waals surface area contributed by atoms with Gasteiger partial charge in [0.2, 0.25) is 0 Å². The second kappa shape index (κ2) is 5.17. The lowest BCUT2D eigenvalue weighted by Gasteiger charge is -2.33. The summed E-state index contributed by atoms with van der Waals surface area (Å²) in [5, 5.41) is 6.20. The van der Waals surface area contributed by atoms with Crippen LogP contribution >= 0.6 is 0 Å². The molecule has 1 unspecified atom stereocenters. The molecule has 0 aliphatic carbocycles. The van der Waals surface area contributed by atoms with E-state index in [9.17, 15) is 4.79 Å². The van der Waals surface area contributed by atoms with Gasteiger partial charge in [-0.2, -0.15) is 0 Å². The summed E-state index contributed by atoms with van der Waals surface area (Å²) in [6.07, 6.45) is 0. The summed E-state index contributed by atoms with van der Waals surface area (Å²) in [7, 11) is 5.59. The Morgan fingerprint density at radius 1 is 1.64 bits per heavy atom. The number of piperazine rings is 1. The first-order chi connectivity index (χ1) is 6.61. The van der Waals surface area contributed by atoms with Crippen LogP contribution in [0.15, 0.2) is 0 Å². The maximum absolute atomic E-state index is 11.3. The Morgan fingerprint density at radius 3 is 2.93 bits per heavy atom. The molecule has 1 heterocycles. The Balaban J connectivity index is 2.26. The van der Waals surface area contributed by atoms with E-state index in [0.717, 1.165) is 19.6 Å². The summed E-state index contributed by atoms with van der Waals surface area (Å²) >= 11 is 0. The van der Waals surface area contributed by atoms with Crippen LogP contribution < -0.4 is 10.6 Å². The van der Waals surface area contributed by atoms with Crippen LogP contribution in [-0.2, 0) is 0 Å². The summed E-state index contributed by atoms with van der Waals surface area (Å²) in [6.45, 7) is 3.74. The quantitative estimate of drug-likeness (QED) is 0.611. The van der Waals surface area contributed by atoms with Crippen LogP contribution in [0.4, 0.5) is 4.79 Å². The fourth-order valence-corrected chi connectivity index (χ4v) is 1.45. The highest BCUT2D eigenvalue weighted by Gasteiger charge is 2.18. The predicted octanol–water partition coefficient (Wildman–Crippen LogP) is -0.839. The molecular weight excluding hydrogens is 180 g/mol. The SMILES string of the molecule is CN(C)C(=O)NCC1CNCCN1C. The zero-order valence-corrected chi connectivity index (χ0v) is 9.21. The Kier molecular flexibility index (Phi) is 4.16. The summed E-state index contributed by atoms with van der Waals surface area (Å²) in [4.78, 5) is 15.1. The first-order valence-electron chi connectivity index (χ1n) is 4.97. The molecule has 1 fully saturated rings. The summed E-state index contributed by atoms with van der Waals surface area (Å²) in [5.74, 6) is 0. The van der Waals surface area contributed by atoms with Gasteiger partial charge in [-0.15, -0.1) is 0 Å². The second-order valence-electron chi connectivity index (χ2n) is 3.92. The van der Waals surface area contributed by atoms with Crippen LogP contribution in [0.25, 0.3) is 0 Å². The molecule has 0 spiro atoms. The van der Waals surface area contributed by atoms with Crippen molar-refractivity contribution in [2.45, 2.75) is 6.04 Å². The van der Waals surface area contributed by atoms with E-state index in [1.165, 1.54) is 0 Å². The number of likely N-dealkylation sites (N-methyl/N-ethyl adjacent to an activating group) is 1. The third kappa shape index (κ3) is 3.16. The van der Waals surface area contributed by atoms with Crippen LogP contribution in [-0.4, -0.2) is 69.2 Å². The number of carbonyl (C=O) groups excluding carboxylic acids is 1. The van der Waals surface area contributed by atoms with Crippen LogP contribution in [0.3, 0.4) is 0 Å². The van der Waals surface area contributed by atoms with Gasteiger partial charge in [0.1, 0.15) is 0 Å². The first-order valence-corrected chi connectivity index (χ1v) is 4.97. The average molecular weight is 200 g/mol. The largest absolute Gasteiger partial charge is 0.336 e. The van der Waals surface area contributed by atoms with E-state index in [1.807, 2.05) is 0 Å². The van der Waals surface area contributed by atoms with E-state index in [1.54, 1.807) is 19.0 Å². The van der Waals surface area contributed by atoms with Crippen molar-refractivity contribution < 1.29 is 4.79 Å². The Morgan fingerprint density at radius 2 is 2.36 bits per heavy atom. The van der Waals surface area contributed by atoms with Crippen molar-refractivity contribution in [3.63, 3.8) is 0 Å². The van der Waals surface area contributed by atoms with Crippen molar-refractivity contribution in [3.05, 3.63) is 0 Å². The maximum atomic E-state index is 11.3. The molecule has 0 saturated carbocycles. The van der Waals surface area contributed by atoms with Crippen LogP contribution in [0, 0.1) is 0 Å². The van der Waals surface area contributed by atoms with Crippen molar-refractivity contribution in [2.24, 2.45) is 0 Å². The van der Waals surface area contributed by atoms with E-state index in [0.29, 0.717) is 12.6 Å². The number of carbonyl (C=O) groups is 1. The molecule has 0 bridgehead atoms. The number of nitrogens with one attached hydrogen (secondary N) is 2. The van der Waals surface area contributed by atoms with Crippen molar-refractivity contribution in [1.82, 2.24) is 20.4 Å². The Labute approximate surface area is 85.4 Å². The number of hydrogen-bond donors (Lipinski definition) is 2. The summed E-state index contributed by atoms with van der Waals surface area (Å²) in [5.41, 5.74) is 0. The number of hydrogen-bond acceptors (Lipinski definition) is 3. The van der Waals surface area contributed by atoms with Crippen molar-refractivity contribution in [2.75, 3.05) is 47.3 Å². The molecule has 14 heavy (non-hydrogen) atoms. The highest BCUT2D eigenvalue weighted by Crippen LogP contribution is 1.97. The van der Waals surface area contributed by atoms with Gasteiger partial charge in [-0.3, -0.25) is 4.90 Å². The lowest BCUT2D eigenvalue weighted by Crippen LogP contribution is -2.54. The molecule has 5 nitrogen and oxygen atoms in total. The zero-order chi connectivity index (χ0) is 10.6. The van der Waals surface area contributed by atoms with Gasteiger partial charge in [0.15, 0.2) is 0 Å². The Bertz CT molecular complexity index is 195. The van der Waals surface area contributed by atoms with Crippen molar-refractivity contribution in [1.29, 1.82) is 0 Å². The lowest BCUT2D eigenvalue weighted by atomic mass is 10.2. The highest BCUT2D eigenvalue weighted by atomic mass is 16.2. The van der Waals surface area contributed by atoms with Gasteiger partial charge in [0.25, 0.3) is 0 Å². The minimum Gasteiger partial charge on any atom is -0.336 e. The van der Waals surface area contributed by atoms with E-state index in [4.69, 9.17) is 0 Å². The van der Waals surface area contributed by atoms with Crippen LogP contribution in [0.1, 0.15) is 0 Å². The molecule has 0 aromatic rings. The Hall–Kier alpha value is -0.810. The molecule has 2 amide bonds. The van der Waals surface area contributed by atoms with Crippen LogP contribution in [0.5, 0.6) is 0 Å². The van der Waals surface area contributed by atoms with Crippen LogP contribution in [0.2, 0.25) is 0 Å². The second-order valence-corrected chi connectivity index (χ2v) is 3.92. The predicted molar refractivity (Wildman–Crippen MR) is 56.4 cm³/mol. The van der Waals surface area contributed by atoms with E-state index in [2.05, 4.69) is 22.6 Å². The van der Waals surface area contributed by atoms with Gasteiger partial charge in [-0.1, -0.05) is 0 Å². The summed E-state index contributed by atoms with van der Waals surface area (Å²) < 4.78 is 0. The fraction of sp³-hybridized carbons (Fsp3) is 0.889. The van der Waals surface area contributed by atoms with E-state index in [-0.39, 0.29) is 6.03 Å². The molecule has 0 radical (unpaired) electrons. The number of rotatable bonds is 2. The van der Waals surface area contributed by atoms with Gasteiger partial charge < -0.3 is 15.5 Å². The smallest absolute Gasteiger partial charge is 0.316 e. The minimum atomic E-state index is -0.0241. The van der Waals surface area contributed by atoms with Gasteiger partial charge in [-0.05, 0) is 7.05 Å². The molecular formula is C9H20N4O. The normalized spacial score (nSPS) is 23.2. The fourth-order valence-electron chi connectivity index (χ4n) is 1.45. The summed E-state index contributed by atoms with van der Waals surface area (Å²) in [6, 6.07) is 0.386. The number of nitrogens with zero attached hydrogens (tertiary/aromatic N) is 2. The average Bonchev–Trinajstić information content (AvgIpc) is 2.16. The third-order valence-corrected chi connectivity index (χ3v) is 2.54. The lowest BCUT2D eigenvalue weighted by molar-refractivity contribution is 0.185. The van der Waals surface area contributed by atoms with Crippen molar-refractivity contribution >= 4 is 6.03 Å². The topological polar surface area (TPSA) is 47.6 Å². The molecule has 0 aromatic heterocycles. The molecule has 1 saturated heterocycles. The molecule has 1 rings (SSSR count). The van der Waals surface area contributed by atoms with Crippen molar-refractivity contribution in [3.8, 4) is 0 Å². The minimum absolute atomic E-state index is 0.0241. The van der Waals surface area contributed by atoms with E-state index < -0.39 is 0 Å². The van der Waals surface area contributed by atoms with Gasteiger partial charge in [0, 0.05) is 46.3 Å². The number of amides is 2. The molecule has 0 aromatic carbocycles. The molecule has 1 aliphatic heterocycles. The molecule has 1 atom stereocenters. The monoisotopic (exact) mass is 200 g/mol. The maximum Gasteiger partial charge on any atom is 0.316 e. The first kappa shape index (κ1) is 11.3. The standard InChI is InChI=1S/C9H20N4O/c1-12(2)9(14)11-7-8-6-10-4-5-13(8)3/h8,10H,4-7H2,1-3H3,(H,11,14). The highest BCUT2D eigenvalue weighted by molar-refractivity contribution is 5.73. The molecule has 82 valence electrons. The molecule has 2 N–H and O–H groups in total. The van der Waals surface area contributed by atoms with Gasteiger partial charge in [0.05, 0.1) is 0 Å². The molecule has 5 heteroatoms. The number of urea groups is 1. The third-order valence-electron chi connectivity index (χ3n) is 2.54. The molecule has 1 aliphatic rings. The van der Waals surface area contributed by atoms with E-state index >= 15 is 0 Å². The van der Waals surface area contributed by atoms with Gasteiger partial charge in [-0.25, -0.2) is 4.79 Å². The zero-order valence-electron chi connectivity index (χ0n) is 9.21. The van der Waals surface area contributed by atoms with Gasteiger partial charge >= 0.3 is 6.03 Å².